The largest absolute Gasteiger partial charge is 0.464 e. The summed E-state index contributed by atoms with van der Waals surface area (Å²) < 4.78 is 5.66. The SMILES string of the molecule is Cl.NCCC(CCN)C(=O)OCC1c2ccccc2-c2ccccc21. The molecule has 0 amide bonds. The number of hydrogen-bond donors (Lipinski definition) is 2. The monoisotopic (exact) mass is 360 g/mol. The highest BCUT2D eigenvalue weighted by Crippen LogP contribution is 2.44. The first kappa shape index (κ1) is 19.4. The van der Waals surface area contributed by atoms with Gasteiger partial charge in [-0.15, -0.1) is 12.4 Å². The molecule has 134 valence electrons. The Hall–Kier alpha value is -1.88. The van der Waals surface area contributed by atoms with Gasteiger partial charge in [0.1, 0.15) is 6.61 Å². The zero-order chi connectivity index (χ0) is 16.9. The molecule has 1 aliphatic rings. The second-order valence-corrected chi connectivity index (χ2v) is 6.21. The van der Waals surface area contributed by atoms with Crippen molar-refractivity contribution in [1.29, 1.82) is 0 Å². The number of benzene rings is 2. The van der Waals surface area contributed by atoms with Crippen LogP contribution in [0.3, 0.4) is 0 Å². The molecular formula is C20H25ClN2O2. The van der Waals surface area contributed by atoms with E-state index in [1.807, 2.05) is 24.3 Å². The molecule has 0 unspecified atom stereocenters. The summed E-state index contributed by atoms with van der Waals surface area (Å²) in [6.07, 6.45) is 1.24. The molecule has 0 aromatic heterocycles. The van der Waals surface area contributed by atoms with Crippen LogP contribution in [0.1, 0.15) is 29.9 Å². The van der Waals surface area contributed by atoms with Gasteiger partial charge in [0, 0.05) is 5.92 Å². The van der Waals surface area contributed by atoms with Gasteiger partial charge in [0.15, 0.2) is 0 Å². The van der Waals surface area contributed by atoms with Gasteiger partial charge >= 0.3 is 5.97 Å². The molecule has 2 aromatic carbocycles. The summed E-state index contributed by atoms with van der Waals surface area (Å²) in [5.74, 6) is -0.294. The van der Waals surface area contributed by atoms with Crippen LogP contribution in [0.25, 0.3) is 11.1 Å². The molecule has 0 radical (unpaired) electrons. The van der Waals surface area contributed by atoms with Gasteiger partial charge in [-0.1, -0.05) is 48.5 Å². The minimum Gasteiger partial charge on any atom is -0.464 e. The molecule has 4 N–H and O–H groups in total. The van der Waals surface area contributed by atoms with Crippen molar-refractivity contribution in [3.8, 4) is 11.1 Å². The normalized spacial score (nSPS) is 12.4. The average molecular weight is 361 g/mol. The second kappa shape index (κ2) is 8.99. The molecule has 0 atom stereocenters. The number of esters is 1. The van der Waals surface area contributed by atoms with Crippen LogP contribution in [0, 0.1) is 5.92 Å². The van der Waals surface area contributed by atoms with E-state index < -0.39 is 0 Å². The molecule has 1 aliphatic carbocycles. The van der Waals surface area contributed by atoms with Crippen LogP contribution in [-0.2, 0) is 9.53 Å². The van der Waals surface area contributed by atoms with E-state index in [1.165, 1.54) is 22.3 Å². The highest BCUT2D eigenvalue weighted by molar-refractivity contribution is 5.85. The zero-order valence-corrected chi connectivity index (χ0v) is 15.0. The summed E-state index contributed by atoms with van der Waals surface area (Å²) in [4.78, 5) is 12.4. The number of ether oxygens (including phenoxy) is 1. The fraction of sp³-hybridized carbons (Fsp3) is 0.350. The number of fused-ring (bicyclic) bond motifs is 3. The minimum absolute atomic E-state index is 0. The Bertz CT molecular complexity index is 669. The van der Waals surface area contributed by atoms with E-state index in [1.54, 1.807) is 0 Å². The van der Waals surface area contributed by atoms with Gasteiger partial charge in [0.2, 0.25) is 0 Å². The Morgan fingerprint density at radius 2 is 1.40 bits per heavy atom. The lowest BCUT2D eigenvalue weighted by atomic mass is 9.97. The van der Waals surface area contributed by atoms with Crippen LogP contribution in [0.15, 0.2) is 48.5 Å². The van der Waals surface area contributed by atoms with Gasteiger partial charge in [-0.25, -0.2) is 0 Å². The van der Waals surface area contributed by atoms with Crippen LogP contribution in [0.2, 0.25) is 0 Å². The van der Waals surface area contributed by atoms with E-state index in [2.05, 4.69) is 24.3 Å². The second-order valence-electron chi connectivity index (χ2n) is 6.21. The number of carbonyl (C=O) groups excluding carboxylic acids is 1. The first-order chi connectivity index (χ1) is 11.8. The van der Waals surface area contributed by atoms with E-state index in [0.717, 1.165) is 0 Å². The summed E-state index contributed by atoms with van der Waals surface area (Å²) in [6, 6.07) is 16.6. The summed E-state index contributed by atoms with van der Waals surface area (Å²) in [5.41, 5.74) is 16.1. The predicted octanol–water partition coefficient (Wildman–Crippen LogP) is 3.08. The highest BCUT2D eigenvalue weighted by Gasteiger charge is 2.29. The number of rotatable bonds is 7. The zero-order valence-electron chi connectivity index (χ0n) is 14.2. The molecule has 4 nitrogen and oxygen atoms in total. The van der Waals surface area contributed by atoms with E-state index in [9.17, 15) is 4.79 Å². The van der Waals surface area contributed by atoms with Crippen molar-refractivity contribution >= 4 is 18.4 Å². The summed E-state index contributed by atoms with van der Waals surface area (Å²) in [6.45, 7) is 1.29. The Labute approximate surface area is 155 Å². The van der Waals surface area contributed by atoms with Crippen molar-refractivity contribution in [2.45, 2.75) is 18.8 Å². The van der Waals surface area contributed by atoms with Gasteiger partial charge < -0.3 is 16.2 Å². The lowest BCUT2D eigenvalue weighted by molar-refractivity contribution is -0.149. The van der Waals surface area contributed by atoms with Gasteiger partial charge in [-0.3, -0.25) is 4.79 Å². The molecule has 0 bridgehead atoms. The van der Waals surface area contributed by atoms with E-state index in [0.29, 0.717) is 32.5 Å². The summed E-state index contributed by atoms with van der Waals surface area (Å²) >= 11 is 0. The lowest BCUT2D eigenvalue weighted by Gasteiger charge is -2.18. The van der Waals surface area contributed by atoms with E-state index >= 15 is 0 Å². The number of nitrogens with two attached hydrogens (primary N) is 2. The lowest BCUT2D eigenvalue weighted by Crippen LogP contribution is -2.25. The quantitative estimate of drug-likeness (QED) is 0.744. The third-order valence-electron chi connectivity index (χ3n) is 4.72. The van der Waals surface area contributed by atoms with Gasteiger partial charge in [-0.2, -0.15) is 0 Å². The molecule has 5 heteroatoms. The predicted molar refractivity (Wildman–Crippen MR) is 103 cm³/mol. The van der Waals surface area contributed by atoms with Crippen LogP contribution in [0.5, 0.6) is 0 Å². The molecule has 3 rings (SSSR count). The van der Waals surface area contributed by atoms with Crippen molar-refractivity contribution < 1.29 is 9.53 Å². The molecule has 25 heavy (non-hydrogen) atoms. The first-order valence-electron chi connectivity index (χ1n) is 8.51. The molecule has 0 heterocycles. The number of halogens is 1. The van der Waals surface area contributed by atoms with Gasteiger partial charge in [0.05, 0.1) is 5.92 Å². The fourth-order valence-corrected chi connectivity index (χ4v) is 3.51. The van der Waals surface area contributed by atoms with Crippen molar-refractivity contribution in [3.05, 3.63) is 59.7 Å². The van der Waals surface area contributed by atoms with Gasteiger partial charge in [0.25, 0.3) is 0 Å². The Balaban J connectivity index is 0.00000225. The van der Waals surface area contributed by atoms with Crippen molar-refractivity contribution in [3.63, 3.8) is 0 Å². The number of carbonyl (C=O) groups is 1. The summed E-state index contributed by atoms with van der Waals surface area (Å²) in [7, 11) is 0. The number of hydrogen-bond acceptors (Lipinski definition) is 4. The topological polar surface area (TPSA) is 78.3 Å². The van der Waals surface area contributed by atoms with Crippen LogP contribution >= 0.6 is 12.4 Å². The molecular weight excluding hydrogens is 336 g/mol. The standard InChI is InChI=1S/C20H24N2O2.ClH/c21-11-9-14(10-12-22)20(23)24-13-19-17-7-3-1-5-15(17)16-6-2-4-8-18(16)19;/h1-8,14,19H,9-13,21-22H2;1H. The molecule has 2 aromatic rings. The Kier molecular flexibility index (Phi) is 7.00. The molecule has 0 spiro atoms. The Morgan fingerprint density at radius 1 is 0.920 bits per heavy atom. The van der Waals surface area contributed by atoms with Crippen LogP contribution in [0.4, 0.5) is 0 Å². The third kappa shape index (κ3) is 4.03. The fourth-order valence-electron chi connectivity index (χ4n) is 3.51. The summed E-state index contributed by atoms with van der Waals surface area (Å²) in [5, 5.41) is 0. The van der Waals surface area contributed by atoms with E-state index in [4.69, 9.17) is 16.2 Å². The van der Waals surface area contributed by atoms with Crippen molar-refractivity contribution in [2.75, 3.05) is 19.7 Å². The first-order valence-corrected chi connectivity index (χ1v) is 8.51. The maximum atomic E-state index is 12.4. The maximum Gasteiger partial charge on any atom is 0.309 e. The smallest absolute Gasteiger partial charge is 0.309 e. The van der Waals surface area contributed by atoms with E-state index in [-0.39, 0.29) is 30.2 Å². The van der Waals surface area contributed by atoms with Crippen molar-refractivity contribution in [1.82, 2.24) is 0 Å². The Morgan fingerprint density at radius 3 is 1.88 bits per heavy atom. The molecule has 0 aliphatic heterocycles. The minimum atomic E-state index is -0.202. The molecule has 0 fully saturated rings. The maximum absolute atomic E-state index is 12.4. The van der Waals surface area contributed by atoms with Crippen LogP contribution in [-0.4, -0.2) is 25.7 Å². The molecule has 0 saturated carbocycles. The van der Waals surface area contributed by atoms with Crippen LogP contribution < -0.4 is 11.5 Å². The van der Waals surface area contributed by atoms with Crippen molar-refractivity contribution in [2.24, 2.45) is 17.4 Å². The average Bonchev–Trinajstić information content (AvgIpc) is 2.93. The van der Waals surface area contributed by atoms with Gasteiger partial charge in [-0.05, 0) is 48.2 Å². The highest BCUT2D eigenvalue weighted by atomic mass is 35.5. The molecule has 0 saturated heterocycles. The third-order valence-corrected chi connectivity index (χ3v) is 4.72.